The van der Waals surface area contributed by atoms with Crippen LogP contribution in [0.2, 0.25) is 5.02 Å². The van der Waals surface area contributed by atoms with Gasteiger partial charge in [0, 0.05) is 22.8 Å². The van der Waals surface area contributed by atoms with E-state index in [0.717, 1.165) is 12.1 Å². The molecule has 2 N–H and O–H groups in total. The molecule has 0 unspecified atom stereocenters. The van der Waals surface area contributed by atoms with Gasteiger partial charge in [-0.2, -0.15) is 4.39 Å². The second kappa shape index (κ2) is 5.76. The maximum Gasteiger partial charge on any atom is 0.304 e. The Bertz CT molecular complexity index is 736. The Kier molecular flexibility index (Phi) is 4.04. The van der Waals surface area contributed by atoms with Crippen LogP contribution in [-0.4, -0.2) is 15.9 Å². The zero-order valence-corrected chi connectivity index (χ0v) is 11.1. The second-order valence-electron chi connectivity index (χ2n) is 4.04. The summed E-state index contributed by atoms with van der Waals surface area (Å²) < 4.78 is 13.4. The normalized spacial score (nSPS) is 10.2. The number of phenols is 1. The van der Waals surface area contributed by atoms with Gasteiger partial charge >= 0.3 is 5.69 Å². The second-order valence-corrected chi connectivity index (χ2v) is 4.48. The molecule has 2 rings (SSSR count). The third-order valence-electron chi connectivity index (χ3n) is 2.61. The molecule has 1 amide bonds. The Hall–Kier alpha value is -2.67. The predicted molar refractivity (Wildman–Crippen MR) is 74.1 cm³/mol. The van der Waals surface area contributed by atoms with E-state index in [4.69, 9.17) is 11.6 Å². The molecule has 2 aromatic rings. The number of rotatable bonds is 3. The highest BCUT2D eigenvalue weighted by atomic mass is 35.5. The van der Waals surface area contributed by atoms with Crippen molar-refractivity contribution >= 4 is 28.9 Å². The number of anilines is 1. The maximum atomic E-state index is 13.4. The van der Waals surface area contributed by atoms with Gasteiger partial charge in [-0.1, -0.05) is 11.6 Å². The molecule has 0 aromatic heterocycles. The van der Waals surface area contributed by atoms with E-state index < -0.39 is 22.3 Å². The lowest BCUT2D eigenvalue weighted by Crippen LogP contribution is -2.12. The highest BCUT2D eigenvalue weighted by Gasteiger charge is 2.16. The molecule has 8 heteroatoms. The average molecular weight is 311 g/mol. The molecule has 0 bridgehead atoms. The summed E-state index contributed by atoms with van der Waals surface area (Å²) in [6.07, 6.45) is 0. The van der Waals surface area contributed by atoms with Crippen molar-refractivity contribution in [1.82, 2.24) is 0 Å². The van der Waals surface area contributed by atoms with Crippen LogP contribution in [0.25, 0.3) is 0 Å². The molecule has 0 atom stereocenters. The Balaban J connectivity index is 2.26. The highest BCUT2D eigenvalue weighted by Crippen LogP contribution is 2.24. The minimum Gasteiger partial charge on any atom is -0.507 e. The first-order valence-electron chi connectivity index (χ1n) is 5.62. The van der Waals surface area contributed by atoms with Gasteiger partial charge in [-0.25, -0.2) is 0 Å². The zero-order valence-electron chi connectivity index (χ0n) is 10.3. The van der Waals surface area contributed by atoms with E-state index in [1.807, 2.05) is 0 Å². The van der Waals surface area contributed by atoms with Crippen LogP contribution in [0.1, 0.15) is 10.4 Å². The van der Waals surface area contributed by atoms with Gasteiger partial charge in [0.2, 0.25) is 5.82 Å². The van der Waals surface area contributed by atoms with E-state index >= 15 is 0 Å². The molecule has 0 spiro atoms. The van der Waals surface area contributed by atoms with E-state index in [1.54, 1.807) is 0 Å². The van der Waals surface area contributed by atoms with Crippen molar-refractivity contribution in [3.05, 3.63) is 62.9 Å². The Morgan fingerprint density at radius 2 is 2.00 bits per heavy atom. The number of phenolic OH excluding ortho intramolecular Hbond substituents is 1. The van der Waals surface area contributed by atoms with Crippen molar-refractivity contribution in [1.29, 1.82) is 0 Å². The van der Waals surface area contributed by atoms with E-state index in [1.165, 1.54) is 24.3 Å². The first-order chi connectivity index (χ1) is 9.88. The van der Waals surface area contributed by atoms with Crippen LogP contribution < -0.4 is 5.32 Å². The fourth-order valence-corrected chi connectivity index (χ4v) is 1.79. The first-order valence-corrected chi connectivity index (χ1v) is 6.00. The molecule has 0 aliphatic rings. The van der Waals surface area contributed by atoms with Gasteiger partial charge < -0.3 is 10.4 Å². The van der Waals surface area contributed by atoms with E-state index in [2.05, 4.69) is 5.32 Å². The summed E-state index contributed by atoms with van der Waals surface area (Å²) in [6, 6.07) is 6.82. The van der Waals surface area contributed by atoms with Crippen LogP contribution in [0.4, 0.5) is 15.8 Å². The van der Waals surface area contributed by atoms with E-state index in [9.17, 15) is 24.4 Å². The number of benzene rings is 2. The van der Waals surface area contributed by atoms with Gasteiger partial charge in [0.25, 0.3) is 5.91 Å². The van der Waals surface area contributed by atoms with Crippen molar-refractivity contribution < 1.29 is 19.2 Å². The number of nitro groups is 1. The average Bonchev–Trinajstić information content (AvgIpc) is 2.41. The van der Waals surface area contributed by atoms with Gasteiger partial charge in [0.1, 0.15) is 5.75 Å². The molecule has 0 aliphatic carbocycles. The fourth-order valence-electron chi connectivity index (χ4n) is 1.62. The van der Waals surface area contributed by atoms with Gasteiger partial charge in [0.15, 0.2) is 0 Å². The van der Waals surface area contributed by atoms with E-state index in [-0.39, 0.29) is 22.0 Å². The molecule has 0 aliphatic heterocycles. The van der Waals surface area contributed by atoms with E-state index in [0.29, 0.717) is 0 Å². The molecule has 0 saturated heterocycles. The summed E-state index contributed by atoms with van der Waals surface area (Å²) >= 11 is 5.72. The number of nitrogens with one attached hydrogen (secondary N) is 1. The third kappa shape index (κ3) is 3.26. The van der Waals surface area contributed by atoms with Crippen molar-refractivity contribution in [3.8, 4) is 5.75 Å². The minimum atomic E-state index is -1.08. The van der Waals surface area contributed by atoms with Crippen molar-refractivity contribution in [3.63, 3.8) is 0 Å². The third-order valence-corrected chi connectivity index (χ3v) is 2.84. The molecule has 0 heterocycles. The zero-order chi connectivity index (χ0) is 15.6. The smallest absolute Gasteiger partial charge is 0.304 e. The lowest BCUT2D eigenvalue weighted by atomic mass is 10.2. The lowest BCUT2D eigenvalue weighted by Gasteiger charge is -2.07. The van der Waals surface area contributed by atoms with Gasteiger partial charge in [-0.3, -0.25) is 14.9 Å². The van der Waals surface area contributed by atoms with Crippen LogP contribution in [0.15, 0.2) is 36.4 Å². The number of nitro benzene ring substituents is 1. The van der Waals surface area contributed by atoms with Gasteiger partial charge in [-0.05, 0) is 24.3 Å². The molecule has 108 valence electrons. The minimum absolute atomic E-state index is 0.0162. The largest absolute Gasteiger partial charge is 0.507 e. The monoisotopic (exact) mass is 310 g/mol. The van der Waals surface area contributed by atoms with Crippen LogP contribution in [-0.2, 0) is 0 Å². The summed E-state index contributed by atoms with van der Waals surface area (Å²) in [5.41, 5.74) is -0.776. The summed E-state index contributed by atoms with van der Waals surface area (Å²) in [5, 5.41) is 22.6. The summed E-state index contributed by atoms with van der Waals surface area (Å²) in [4.78, 5) is 21.5. The molecular weight excluding hydrogens is 303 g/mol. The Morgan fingerprint density at radius 1 is 1.29 bits per heavy atom. The van der Waals surface area contributed by atoms with Crippen molar-refractivity contribution in [2.75, 3.05) is 5.32 Å². The molecule has 21 heavy (non-hydrogen) atoms. The molecule has 0 fully saturated rings. The quantitative estimate of drug-likeness (QED) is 0.671. The standard InChI is InChI=1S/C13H8ClFN2O4/c14-7-1-4-12(18)9(5-7)13(19)16-8-2-3-11(17(20)21)10(15)6-8/h1-6,18H,(H,16,19). The van der Waals surface area contributed by atoms with Crippen molar-refractivity contribution in [2.45, 2.75) is 0 Å². The Morgan fingerprint density at radius 3 is 2.62 bits per heavy atom. The number of amides is 1. The SMILES string of the molecule is O=C(Nc1ccc([N+](=O)[O-])c(F)c1)c1cc(Cl)ccc1O. The number of aromatic hydroxyl groups is 1. The van der Waals surface area contributed by atoms with Crippen molar-refractivity contribution in [2.24, 2.45) is 0 Å². The predicted octanol–water partition coefficient (Wildman–Crippen LogP) is 3.35. The molecule has 2 aromatic carbocycles. The van der Waals surface area contributed by atoms with Crippen LogP contribution in [0.5, 0.6) is 5.75 Å². The number of hydrogen-bond donors (Lipinski definition) is 2. The summed E-state index contributed by atoms with van der Waals surface area (Å²) in [6.45, 7) is 0. The molecule has 0 saturated carbocycles. The van der Waals surface area contributed by atoms with Crippen LogP contribution in [0.3, 0.4) is 0 Å². The van der Waals surface area contributed by atoms with Crippen LogP contribution in [0, 0.1) is 15.9 Å². The van der Waals surface area contributed by atoms with Gasteiger partial charge in [0.05, 0.1) is 10.5 Å². The fraction of sp³-hybridized carbons (Fsp3) is 0. The van der Waals surface area contributed by atoms with Crippen LogP contribution >= 0.6 is 11.6 Å². The first kappa shape index (κ1) is 14.7. The number of carbonyl (C=O) groups excluding carboxylic acids is 1. The number of hydrogen-bond acceptors (Lipinski definition) is 4. The molecular formula is C13H8ClFN2O4. The topological polar surface area (TPSA) is 92.5 Å². The number of carbonyl (C=O) groups is 1. The molecule has 6 nitrogen and oxygen atoms in total. The maximum absolute atomic E-state index is 13.4. The Labute approximate surface area is 122 Å². The molecule has 0 radical (unpaired) electrons. The summed E-state index contributed by atoms with van der Waals surface area (Å²) in [5.74, 6) is -2.09. The number of halogens is 2. The highest BCUT2D eigenvalue weighted by molar-refractivity contribution is 6.31. The lowest BCUT2D eigenvalue weighted by molar-refractivity contribution is -0.387. The number of nitrogens with zero attached hydrogens (tertiary/aromatic N) is 1. The summed E-state index contributed by atoms with van der Waals surface area (Å²) in [7, 11) is 0. The van der Waals surface area contributed by atoms with Gasteiger partial charge in [-0.15, -0.1) is 0 Å².